The van der Waals surface area contributed by atoms with E-state index in [1.165, 1.54) is 22.6 Å². The number of rotatable bonds is 8. The summed E-state index contributed by atoms with van der Waals surface area (Å²) in [5, 5.41) is 13.2. The van der Waals surface area contributed by atoms with Gasteiger partial charge in [-0.15, -0.1) is 29.1 Å². The Kier molecular flexibility index (Phi) is 12.0. The molecule has 0 saturated heterocycles. The minimum atomic E-state index is 0. The van der Waals surface area contributed by atoms with E-state index >= 15 is 0 Å². The molecule has 3 heterocycles. The number of benzene rings is 2. The van der Waals surface area contributed by atoms with Crippen molar-refractivity contribution in [2.45, 2.75) is 92.4 Å². The van der Waals surface area contributed by atoms with Gasteiger partial charge < -0.3 is 9.52 Å². The van der Waals surface area contributed by atoms with Crippen LogP contribution < -0.4 is 0 Å². The maximum atomic E-state index is 11.7. The Morgan fingerprint density at radius 3 is 2.32 bits per heavy atom. The van der Waals surface area contributed by atoms with Crippen LogP contribution in [0.3, 0.4) is 0 Å². The van der Waals surface area contributed by atoms with Crippen molar-refractivity contribution in [2.24, 2.45) is 11.8 Å². The van der Waals surface area contributed by atoms with Crippen LogP contribution in [0.1, 0.15) is 91.0 Å². The fourth-order valence-electron chi connectivity index (χ4n) is 6.61. The quantitative estimate of drug-likeness (QED) is 0.0960. The van der Waals surface area contributed by atoms with Gasteiger partial charge in [-0.25, -0.2) is 0 Å². The third-order valence-corrected chi connectivity index (χ3v) is 9.37. The van der Waals surface area contributed by atoms with E-state index in [1.807, 2.05) is 52.2 Å². The number of nitrogens with zero attached hydrogens (tertiary/aromatic N) is 2. The average Bonchev–Trinajstić information content (AvgIpc) is 3.45. The van der Waals surface area contributed by atoms with Crippen LogP contribution >= 0.6 is 0 Å². The summed E-state index contributed by atoms with van der Waals surface area (Å²) >= 11 is 0. The summed E-state index contributed by atoms with van der Waals surface area (Å²) < 4.78 is 6.37. The second-order valence-corrected chi connectivity index (χ2v) is 13.3. The molecule has 5 nitrogen and oxygen atoms in total. The first-order valence-corrected chi connectivity index (χ1v) is 16.9. The molecule has 1 aliphatic rings. The Bertz CT molecular complexity index is 1870. The Morgan fingerprint density at radius 2 is 1.64 bits per heavy atom. The van der Waals surface area contributed by atoms with Crippen molar-refractivity contribution in [2.75, 3.05) is 0 Å². The molecule has 0 amide bonds. The van der Waals surface area contributed by atoms with Gasteiger partial charge in [-0.2, -0.15) is 0 Å². The molecule has 249 valence electrons. The van der Waals surface area contributed by atoms with Gasteiger partial charge in [0.05, 0.1) is 11.5 Å². The molecule has 0 unspecified atom stereocenters. The van der Waals surface area contributed by atoms with E-state index in [4.69, 9.17) is 9.40 Å². The zero-order valence-corrected chi connectivity index (χ0v) is 31.1. The van der Waals surface area contributed by atoms with Gasteiger partial charge in [0, 0.05) is 72.6 Å². The molecule has 3 aromatic heterocycles. The largest absolute Gasteiger partial charge is 0.512 e. The van der Waals surface area contributed by atoms with Crippen LogP contribution in [-0.2, 0) is 43.2 Å². The molecule has 2 aromatic carbocycles. The molecule has 6 rings (SSSR count). The predicted octanol–water partition coefficient (Wildman–Crippen LogP) is 10.8. The number of ketones is 1. The van der Waals surface area contributed by atoms with Crippen molar-refractivity contribution >= 4 is 27.5 Å². The van der Waals surface area contributed by atoms with Gasteiger partial charge in [-0.3, -0.25) is 14.8 Å². The van der Waals surface area contributed by atoms with Gasteiger partial charge in [-0.1, -0.05) is 77.6 Å². The molecule has 1 N–H and O–H groups in total. The van der Waals surface area contributed by atoms with Crippen molar-refractivity contribution in [1.29, 1.82) is 0 Å². The molecule has 1 aliphatic carbocycles. The number of fused-ring (bicyclic) bond motifs is 6. The van der Waals surface area contributed by atoms with Crippen LogP contribution in [0.2, 0.25) is 0 Å². The molecular weight excluding hydrogens is 761 g/mol. The van der Waals surface area contributed by atoms with Gasteiger partial charge in [0.1, 0.15) is 11.3 Å². The molecule has 0 aliphatic heterocycles. The number of hydrogen-bond acceptors (Lipinski definition) is 5. The number of allylic oxidation sites excluding steroid dienone is 2. The first-order chi connectivity index (χ1) is 22.1. The predicted molar refractivity (Wildman–Crippen MR) is 189 cm³/mol. The minimum Gasteiger partial charge on any atom is -0.512 e. The standard InChI is InChI=1S/C28H23N2O.C13H24O2.Ir/c1-28(2,3)22-16-18(15-17-7-4-5-8-19(17)22)26-25-21-10-11-23-20(9-6-13-29-23)27(21)31-24(25)12-14-30-26;1-5-10(6-2)12(14)9-13(15)11(7-3)8-4;/h4-9,12-14,16H,10-11H2,1-3H3;9-11,14H,5-8H2,1-4H3;/q-1;;/b;12-9-;. The first kappa shape index (κ1) is 36.2. The van der Waals surface area contributed by atoms with Gasteiger partial charge in [-0.05, 0) is 62.1 Å². The van der Waals surface area contributed by atoms with Crippen LogP contribution in [0.4, 0.5) is 0 Å². The SMILES string of the molecule is CC(C)(C)c1cc(-c2nccc3oc4c(c23)CCc2ncccc2-4)[c-]c2ccccc12.CCC(CC)C(=O)/C=C(\O)C(CC)CC.[Ir]. The summed E-state index contributed by atoms with van der Waals surface area (Å²) in [5.41, 5.74) is 7.61. The van der Waals surface area contributed by atoms with Crippen LogP contribution in [-0.4, -0.2) is 20.9 Å². The number of carbonyl (C=O) groups excluding carboxylic acids is 1. The van der Waals surface area contributed by atoms with Crippen molar-refractivity contribution < 1.29 is 34.4 Å². The normalized spacial score (nSPS) is 12.8. The average molecular weight is 808 g/mol. The topological polar surface area (TPSA) is 76.2 Å². The second kappa shape index (κ2) is 15.5. The van der Waals surface area contributed by atoms with E-state index in [2.05, 4.69) is 68.2 Å². The van der Waals surface area contributed by atoms with Crippen LogP contribution in [0.5, 0.6) is 0 Å². The molecule has 0 atom stereocenters. The fraction of sp³-hybridized carbons (Fsp3) is 0.390. The molecule has 6 heteroatoms. The fourth-order valence-corrected chi connectivity index (χ4v) is 6.61. The zero-order chi connectivity index (χ0) is 33.0. The Hall–Kier alpha value is -3.60. The summed E-state index contributed by atoms with van der Waals surface area (Å²) in [4.78, 5) is 21.1. The van der Waals surface area contributed by atoms with Crippen molar-refractivity contribution in [1.82, 2.24) is 9.97 Å². The molecule has 5 aromatic rings. The van der Waals surface area contributed by atoms with Crippen LogP contribution in [0.25, 0.3) is 44.3 Å². The van der Waals surface area contributed by atoms with E-state index in [0.29, 0.717) is 0 Å². The molecule has 0 saturated carbocycles. The number of aromatic nitrogens is 2. The van der Waals surface area contributed by atoms with Crippen molar-refractivity contribution in [3.05, 3.63) is 95.6 Å². The van der Waals surface area contributed by atoms with Gasteiger partial charge in [0.2, 0.25) is 0 Å². The van der Waals surface area contributed by atoms with E-state index in [9.17, 15) is 9.90 Å². The smallest absolute Gasteiger partial charge is 0.162 e. The summed E-state index contributed by atoms with van der Waals surface area (Å²) in [7, 11) is 0. The summed E-state index contributed by atoms with van der Waals surface area (Å²) in [6, 6.07) is 20.5. The summed E-state index contributed by atoms with van der Waals surface area (Å²) in [6.07, 6.45) is 10.4. The number of carbonyl (C=O) groups is 1. The number of aliphatic hydroxyl groups excluding tert-OH is 1. The first-order valence-electron chi connectivity index (χ1n) is 16.9. The maximum absolute atomic E-state index is 11.7. The van der Waals surface area contributed by atoms with Crippen LogP contribution in [0.15, 0.2) is 77.2 Å². The van der Waals surface area contributed by atoms with E-state index < -0.39 is 0 Å². The van der Waals surface area contributed by atoms with Crippen molar-refractivity contribution in [3.63, 3.8) is 0 Å². The monoisotopic (exact) mass is 808 g/mol. The Morgan fingerprint density at radius 1 is 0.936 bits per heavy atom. The van der Waals surface area contributed by atoms with Gasteiger partial charge in [0.15, 0.2) is 5.78 Å². The number of aryl methyl sites for hydroxylation is 2. The number of hydrogen-bond donors (Lipinski definition) is 1. The minimum absolute atomic E-state index is 0. The third-order valence-electron chi connectivity index (χ3n) is 9.37. The molecule has 0 bridgehead atoms. The van der Waals surface area contributed by atoms with Gasteiger partial charge >= 0.3 is 0 Å². The summed E-state index contributed by atoms with van der Waals surface area (Å²) in [5.74, 6) is 1.49. The number of furan rings is 1. The number of pyridine rings is 2. The molecule has 1 radical (unpaired) electrons. The second-order valence-electron chi connectivity index (χ2n) is 13.3. The Labute approximate surface area is 293 Å². The third kappa shape index (κ3) is 7.60. The zero-order valence-electron chi connectivity index (χ0n) is 28.7. The van der Waals surface area contributed by atoms with Crippen LogP contribution in [0, 0.1) is 17.9 Å². The maximum Gasteiger partial charge on any atom is 0.162 e. The molecule has 0 fully saturated rings. The Balaban J connectivity index is 0.000000269. The van der Waals surface area contributed by atoms with E-state index in [-0.39, 0.29) is 48.9 Å². The van der Waals surface area contributed by atoms with E-state index in [1.54, 1.807) is 0 Å². The number of aliphatic hydroxyl groups is 1. The van der Waals surface area contributed by atoms with E-state index in [0.717, 1.165) is 83.2 Å². The molecule has 0 spiro atoms. The molecular formula is C41H47IrN2O3-. The molecule has 47 heavy (non-hydrogen) atoms. The summed E-state index contributed by atoms with van der Waals surface area (Å²) in [6.45, 7) is 14.9. The van der Waals surface area contributed by atoms with Gasteiger partial charge in [0.25, 0.3) is 0 Å². The van der Waals surface area contributed by atoms with Crippen molar-refractivity contribution in [3.8, 4) is 22.6 Å².